The zero-order valence-electron chi connectivity index (χ0n) is 9.95. The molecule has 0 saturated carbocycles. The van der Waals surface area contributed by atoms with Gasteiger partial charge in [-0.25, -0.2) is 0 Å². The van der Waals surface area contributed by atoms with E-state index in [1.807, 2.05) is 12.1 Å². The number of hydrogen-bond acceptors (Lipinski definition) is 2. The fourth-order valence-corrected chi connectivity index (χ4v) is 2.01. The Kier molecular flexibility index (Phi) is 4.43. The van der Waals surface area contributed by atoms with Gasteiger partial charge >= 0.3 is 7.12 Å². The average Bonchev–Trinajstić information content (AvgIpc) is 2.73. The molecular weight excluding hydrogens is 199 g/mol. The van der Waals surface area contributed by atoms with Crippen molar-refractivity contribution in [2.45, 2.75) is 39.2 Å². The first kappa shape index (κ1) is 11.7. The smallest absolute Gasteiger partial charge is 0.407 e. The summed E-state index contributed by atoms with van der Waals surface area (Å²) >= 11 is 0. The highest BCUT2D eigenvalue weighted by molar-refractivity contribution is 6.62. The Balaban J connectivity index is 1.76. The van der Waals surface area contributed by atoms with Crippen molar-refractivity contribution in [1.82, 2.24) is 0 Å². The Bertz CT molecular complexity index is 327. The predicted octanol–water partition coefficient (Wildman–Crippen LogP) is 2.51. The molecule has 0 aromatic heterocycles. The van der Waals surface area contributed by atoms with E-state index >= 15 is 0 Å². The minimum absolute atomic E-state index is 0.127. The third-order valence-electron chi connectivity index (χ3n) is 2.97. The maximum absolute atomic E-state index is 5.75. The van der Waals surface area contributed by atoms with E-state index in [0.29, 0.717) is 6.61 Å². The van der Waals surface area contributed by atoms with E-state index in [1.54, 1.807) is 0 Å². The molecule has 2 rings (SSSR count). The highest BCUT2D eigenvalue weighted by atomic mass is 16.6. The van der Waals surface area contributed by atoms with Gasteiger partial charge in [-0.3, -0.25) is 0 Å². The zero-order valence-corrected chi connectivity index (χ0v) is 9.95. The molecule has 0 saturated heterocycles. The molecule has 0 aliphatic carbocycles. The molecule has 1 aliphatic rings. The van der Waals surface area contributed by atoms with Gasteiger partial charge in [0.1, 0.15) is 0 Å². The van der Waals surface area contributed by atoms with Gasteiger partial charge in [0.25, 0.3) is 0 Å². The van der Waals surface area contributed by atoms with Gasteiger partial charge in [0.2, 0.25) is 0 Å². The largest absolute Gasteiger partial charge is 0.494 e. The molecule has 0 unspecified atom stereocenters. The summed E-state index contributed by atoms with van der Waals surface area (Å²) in [5.41, 5.74) is 2.47. The summed E-state index contributed by atoms with van der Waals surface area (Å²) < 4.78 is 11.4. The molecule has 0 fully saturated rings. The van der Waals surface area contributed by atoms with Gasteiger partial charge in [-0.1, -0.05) is 50.5 Å². The highest BCUT2D eigenvalue weighted by Gasteiger charge is 2.29. The first-order valence-electron chi connectivity index (χ1n) is 6.23. The van der Waals surface area contributed by atoms with Gasteiger partial charge in [-0.05, 0) is 17.4 Å². The third kappa shape index (κ3) is 2.86. The van der Waals surface area contributed by atoms with Crippen molar-refractivity contribution >= 4 is 12.6 Å². The topological polar surface area (TPSA) is 18.5 Å². The van der Waals surface area contributed by atoms with Crippen molar-refractivity contribution in [3.8, 4) is 0 Å². The Morgan fingerprint density at radius 3 is 3.00 bits per heavy atom. The fraction of sp³-hybridized carbons (Fsp3) is 0.538. The summed E-state index contributed by atoms with van der Waals surface area (Å²) in [6, 6.07) is 8.29. The maximum Gasteiger partial charge on any atom is 0.494 e. The van der Waals surface area contributed by atoms with Crippen molar-refractivity contribution in [2.75, 3.05) is 6.61 Å². The van der Waals surface area contributed by atoms with E-state index in [9.17, 15) is 0 Å². The summed E-state index contributed by atoms with van der Waals surface area (Å²) in [7, 11) is -0.127. The molecule has 1 aromatic rings. The Morgan fingerprint density at radius 1 is 1.25 bits per heavy atom. The minimum Gasteiger partial charge on any atom is -0.407 e. The standard InChI is InChI=1S/C13H19BO2/c1-2-3-4-7-10-15-14-13-9-6-5-8-12(13)11-16-14/h5-6,8-9H,2-4,7,10-11H2,1H3. The van der Waals surface area contributed by atoms with Crippen molar-refractivity contribution in [2.24, 2.45) is 0 Å². The molecule has 1 aromatic carbocycles. The highest BCUT2D eigenvalue weighted by Crippen LogP contribution is 2.11. The summed E-state index contributed by atoms with van der Waals surface area (Å²) in [4.78, 5) is 0. The van der Waals surface area contributed by atoms with Crippen LogP contribution in [-0.2, 0) is 15.9 Å². The Labute approximate surface area is 98.1 Å². The van der Waals surface area contributed by atoms with Crippen LogP contribution in [0.1, 0.15) is 38.2 Å². The lowest BCUT2D eigenvalue weighted by atomic mass is 9.79. The van der Waals surface area contributed by atoms with Crippen molar-refractivity contribution in [3.05, 3.63) is 29.8 Å². The number of fused-ring (bicyclic) bond motifs is 1. The first-order chi connectivity index (χ1) is 7.92. The lowest BCUT2D eigenvalue weighted by Crippen LogP contribution is -2.32. The predicted molar refractivity (Wildman–Crippen MR) is 66.7 cm³/mol. The molecule has 16 heavy (non-hydrogen) atoms. The van der Waals surface area contributed by atoms with Crippen LogP contribution in [0.3, 0.4) is 0 Å². The second-order valence-electron chi connectivity index (χ2n) is 4.27. The molecule has 0 bridgehead atoms. The monoisotopic (exact) mass is 218 g/mol. The maximum atomic E-state index is 5.75. The van der Waals surface area contributed by atoms with Crippen molar-refractivity contribution in [3.63, 3.8) is 0 Å². The second kappa shape index (κ2) is 6.07. The van der Waals surface area contributed by atoms with Gasteiger partial charge in [0.05, 0.1) is 6.61 Å². The number of benzene rings is 1. The van der Waals surface area contributed by atoms with Gasteiger partial charge in [-0.15, -0.1) is 0 Å². The lowest BCUT2D eigenvalue weighted by molar-refractivity contribution is 0.207. The molecule has 1 aliphatic heterocycles. The summed E-state index contributed by atoms with van der Waals surface area (Å²) in [5.74, 6) is 0. The van der Waals surface area contributed by atoms with E-state index < -0.39 is 0 Å². The van der Waals surface area contributed by atoms with Crippen LogP contribution in [-0.4, -0.2) is 13.7 Å². The number of hydrogen-bond donors (Lipinski definition) is 0. The summed E-state index contributed by atoms with van der Waals surface area (Å²) in [6.07, 6.45) is 4.95. The number of unbranched alkanes of at least 4 members (excludes halogenated alkanes) is 3. The molecule has 0 atom stereocenters. The van der Waals surface area contributed by atoms with Crippen LogP contribution in [0, 0.1) is 0 Å². The van der Waals surface area contributed by atoms with E-state index in [1.165, 1.54) is 30.3 Å². The molecule has 0 spiro atoms. The Morgan fingerprint density at radius 2 is 2.12 bits per heavy atom. The molecule has 86 valence electrons. The SMILES string of the molecule is CCCCCCOB1OCc2ccccc21. The minimum atomic E-state index is -0.127. The molecule has 3 heteroatoms. The van der Waals surface area contributed by atoms with Gasteiger partial charge < -0.3 is 9.31 Å². The first-order valence-corrected chi connectivity index (χ1v) is 6.23. The van der Waals surface area contributed by atoms with Crippen LogP contribution >= 0.6 is 0 Å². The fourth-order valence-electron chi connectivity index (χ4n) is 2.01. The van der Waals surface area contributed by atoms with E-state index in [4.69, 9.17) is 9.31 Å². The van der Waals surface area contributed by atoms with Crippen LogP contribution in [0.5, 0.6) is 0 Å². The second-order valence-corrected chi connectivity index (χ2v) is 4.27. The zero-order chi connectivity index (χ0) is 11.2. The summed E-state index contributed by atoms with van der Waals surface area (Å²) in [5, 5.41) is 0. The normalized spacial score (nSPS) is 14.2. The van der Waals surface area contributed by atoms with Crippen LogP contribution in [0.25, 0.3) is 0 Å². The van der Waals surface area contributed by atoms with Crippen LogP contribution in [0.15, 0.2) is 24.3 Å². The molecule has 0 radical (unpaired) electrons. The van der Waals surface area contributed by atoms with Crippen LogP contribution in [0.4, 0.5) is 0 Å². The molecule has 0 amide bonds. The van der Waals surface area contributed by atoms with Crippen molar-refractivity contribution in [1.29, 1.82) is 0 Å². The van der Waals surface area contributed by atoms with E-state index in [0.717, 1.165) is 13.0 Å². The van der Waals surface area contributed by atoms with E-state index in [2.05, 4.69) is 19.1 Å². The average molecular weight is 218 g/mol. The van der Waals surface area contributed by atoms with E-state index in [-0.39, 0.29) is 7.12 Å². The lowest BCUT2D eigenvalue weighted by Gasteiger charge is -2.07. The Hall–Kier alpha value is -0.795. The summed E-state index contributed by atoms with van der Waals surface area (Å²) in [6.45, 7) is 3.71. The number of rotatable bonds is 6. The van der Waals surface area contributed by atoms with Crippen molar-refractivity contribution < 1.29 is 9.31 Å². The van der Waals surface area contributed by atoms with Gasteiger partial charge in [0, 0.05) is 6.61 Å². The molecular formula is C13H19BO2. The quantitative estimate of drug-likeness (QED) is 0.539. The van der Waals surface area contributed by atoms with Gasteiger partial charge in [0.15, 0.2) is 0 Å². The van der Waals surface area contributed by atoms with Gasteiger partial charge in [-0.2, -0.15) is 0 Å². The van der Waals surface area contributed by atoms with Crippen LogP contribution in [0.2, 0.25) is 0 Å². The third-order valence-corrected chi connectivity index (χ3v) is 2.97. The molecule has 1 heterocycles. The van der Waals surface area contributed by atoms with Crippen LogP contribution < -0.4 is 5.46 Å². The molecule has 0 N–H and O–H groups in total. The molecule has 2 nitrogen and oxygen atoms in total.